The molecule has 0 saturated carbocycles. The van der Waals surface area contributed by atoms with E-state index in [0.29, 0.717) is 37.6 Å². The first kappa shape index (κ1) is 30.6. The summed E-state index contributed by atoms with van der Waals surface area (Å²) in [5, 5.41) is 42.8. The van der Waals surface area contributed by atoms with Crippen LogP contribution >= 0.6 is 0 Å². The number of benzene rings is 1. The maximum absolute atomic E-state index is 12.2. The molecular formula is C25H37N5O9. The second-order valence-corrected chi connectivity index (χ2v) is 8.90. The third-order valence-electron chi connectivity index (χ3n) is 6.05. The molecule has 0 spiro atoms. The Morgan fingerprint density at radius 3 is 2.41 bits per heavy atom. The van der Waals surface area contributed by atoms with Crippen LogP contribution in [0.4, 0.5) is 0 Å². The Balaban J connectivity index is 1.27. The number of aliphatic hydroxyl groups is 3. The predicted molar refractivity (Wildman–Crippen MR) is 136 cm³/mol. The zero-order valence-corrected chi connectivity index (χ0v) is 22.1. The fraction of sp³-hybridized carbons (Fsp3) is 0.600. The zero-order chi connectivity index (χ0) is 28.2. The molecule has 1 aliphatic heterocycles. The number of hydrogen-bond acceptors (Lipinski definition) is 11. The molecule has 1 saturated heterocycles. The Morgan fingerprint density at radius 1 is 1.00 bits per heavy atom. The number of nitrogens with zero attached hydrogens (tertiary/aromatic N) is 3. The zero-order valence-electron chi connectivity index (χ0n) is 22.1. The summed E-state index contributed by atoms with van der Waals surface area (Å²) in [4.78, 5) is 23.4. The van der Waals surface area contributed by atoms with Gasteiger partial charge in [0.05, 0.1) is 51.9 Å². The third kappa shape index (κ3) is 9.32. The highest BCUT2D eigenvalue weighted by molar-refractivity contribution is 5.94. The van der Waals surface area contributed by atoms with Crippen LogP contribution in [-0.4, -0.2) is 119 Å². The quantitative estimate of drug-likeness (QED) is 0.165. The number of carbonyl (C=O) groups excluding carboxylic acids is 2. The Hall–Kier alpha value is -2.98. The topological polar surface area (TPSA) is 187 Å². The molecule has 2 amide bonds. The SMILES string of the molecule is CNC(=O)CCNC(=O)c1ccc(-c2cn(CCOCCOCCOC3O[C@H](C)[C@H](O)[C@H](O)[C@H]3O)nn2)cc1. The molecule has 1 aliphatic rings. The van der Waals surface area contributed by atoms with Gasteiger partial charge in [0.25, 0.3) is 5.91 Å². The highest BCUT2D eigenvalue weighted by atomic mass is 16.7. The Labute approximate surface area is 226 Å². The lowest BCUT2D eigenvalue weighted by Gasteiger charge is -2.38. The molecule has 39 heavy (non-hydrogen) atoms. The van der Waals surface area contributed by atoms with Gasteiger partial charge in [-0.1, -0.05) is 17.3 Å². The van der Waals surface area contributed by atoms with Gasteiger partial charge in [-0.2, -0.15) is 0 Å². The van der Waals surface area contributed by atoms with Crippen molar-refractivity contribution >= 4 is 11.8 Å². The maximum Gasteiger partial charge on any atom is 0.251 e. The van der Waals surface area contributed by atoms with Crippen molar-refractivity contribution in [3.63, 3.8) is 0 Å². The number of rotatable bonds is 15. The van der Waals surface area contributed by atoms with Crippen LogP contribution in [0.1, 0.15) is 23.7 Å². The van der Waals surface area contributed by atoms with E-state index in [1.807, 2.05) is 0 Å². The summed E-state index contributed by atoms with van der Waals surface area (Å²) in [6, 6.07) is 6.95. The first-order valence-electron chi connectivity index (χ1n) is 12.8. The van der Waals surface area contributed by atoms with Crippen molar-refractivity contribution < 1.29 is 43.9 Å². The number of amides is 2. The molecule has 14 heteroatoms. The van der Waals surface area contributed by atoms with Gasteiger partial charge in [-0.3, -0.25) is 9.59 Å². The number of carbonyl (C=O) groups is 2. The van der Waals surface area contributed by atoms with Crippen molar-refractivity contribution in [2.45, 2.75) is 50.6 Å². The lowest BCUT2D eigenvalue weighted by molar-refractivity contribution is -0.294. The van der Waals surface area contributed by atoms with E-state index in [1.54, 1.807) is 49.1 Å². The second kappa shape index (κ2) is 15.6. The molecule has 1 fully saturated rings. The van der Waals surface area contributed by atoms with Gasteiger partial charge in [-0.25, -0.2) is 4.68 Å². The van der Waals surface area contributed by atoms with Crippen LogP contribution in [0, 0.1) is 0 Å². The molecule has 1 aromatic carbocycles. The standard InChI is InChI=1S/C25H37N5O9/c1-16-21(32)22(33)23(34)25(39-16)38-14-13-37-12-11-36-10-9-30-15-19(28-29-30)17-3-5-18(6-4-17)24(35)27-8-7-20(31)26-2/h3-6,15-16,21-23,25,32-34H,7-14H2,1-2H3,(H,26,31)(H,27,35)/t16-,21+,22+,23-,25?/m1/s1. The molecule has 1 aromatic heterocycles. The molecule has 2 heterocycles. The predicted octanol–water partition coefficient (Wildman–Crippen LogP) is -1.31. The minimum Gasteiger partial charge on any atom is -0.388 e. The van der Waals surface area contributed by atoms with Gasteiger partial charge >= 0.3 is 0 Å². The summed E-state index contributed by atoms with van der Waals surface area (Å²) in [6.45, 7) is 3.82. The van der Waals surface area contributed by atoms with Crippen molar-refractivity contribution in [2.24, 2.45) is 0 Å². The molecule has 3 rings (SSSR count). The van der Waals surface area contributed by atoms with E-state index >= 15 is 0 Å². The van der Waals surface area contributed by atoms with Crippen LogP contribution in [0.5, 0.6) is 0 Å². The summed E-state index contributed by atoms with van der Waals surface area (Å²) in [6.07, 6.45) is -3.52. The van der Waals surface area contributed by atoms with E-state index < -0.39 is 30.7 Å². The first-order chi connectivity index (χ1) is 18.8. The Kier molecular flexibility index (Phi) is 12.2. The normalized spacial score (nSPS) is 22.9. The third-order valence-corrected chi connectivity index (χ3v) is 6.05. The largest absolute Gasteiger partial charge is 0.388 e. The van der Waals surface area contributed by atoms with Crippen LogP contribution < -0.4 is 10.6 Å². The van der Waals surface area contributed by atoms with Gasteiger partial charge in [-0.05, 0) is 19.1 Å². The van der Waals surface area contributed by atoms with Gasteiger partial charge in [0.1, 0.15) is 24.0 Å². The average Bonchev–Trinajstić information content (AvgIpc) is 3.42. The molecule has 5 atom stereocenters. The van der Waals surface area contributed by atoms with E-state index in [-0.39, 0.29) is 38.0 Å². The summed E-state index contributed by atoms with van der Waals surface area (Å²) in [5.41, 5.74) is 1.96. The van der Waals surface area contributed by atoms with Gasteiger partial charge in [-0.15, -0.1) is 5.10 Å². The molecule has 216 valence electrons. The lowest BCUT2D eigenvalue weighted by Crippen LogP contribution is -2.57. The van der Waals surface area contributed by atoms with Crippen molar-refractivity contribution in [3.8, 4) is 11.3 Å². The highest BCUT2D eigenvalue weighted by Gasteiger charge is 2.42. The van der Waals surface area contributed by atoms with E-state index in [2.05, 4.69) is 20.9 Å². The van der Waals surface area contributed by atoms with Crippen LogP contribution in [-0.2, 0) is 30.3 Å². The number of aromatic nitrogens is 3. The van der Waals surface area contributed by atoms with Gasteiger partial charge in [0.2, 0.25) is 5.91 Å². The van der Waals surface area contributed by atoms with Gasteiger partial charge in [0, 0.05) is 31.1 Å². The molecule has 0 bridgehead atoms. The summed E-state index contributed by atoms with van der Waals surface area (Å²) in [7, 11) is 1.55. The Bertz CT molecular complexity index is 1040. The van der Waals surface area contributed by atoms with Crippen LogP contribution in [0.25, 0.3) is 11.3 Å². The lowest BCUT2D eigenvalue weighted by atomic mass is 10.0. The van der Waals surface area contributed by atoms with Crippen molar-refractivity contribution in [1.82, 2.24) is 25.6 Å². The molecular weight excluding hydrogens is 514 g/mol. The molecule has 1 unspecified atom stereocenters. The molecule has 5 N–H and O–H groups in total. The summed E-state index contributed by atoms with van der Waals surface area (Å²) < 4.78 is 23.4. The fourth-order valence-electron chi connectivity index (χ4n) is 3.70. The Morgan fingerprint density at radius 2 is 1.69 bits per heavy atom. The van der Waals surface area contributed by atoms with E-state index in [9.17, 15) is 24.9 Å². The fourth-order valence-corrected chi connectivity index (χ4v) is 3.70. The van der Waals surface area contributed by atoms with E-state index in [4.69, 9.17) is 18.9 Å². The summed E-state index contributed by atoms with van der Waals surface area (Å²) >= 11 is 0. The van der Waals surface area contributed by atoms with Crippen LogP contribution in [0.2, 0.25) is 0 Å². The van der Waals surface area contributed by atoms with E-state index in [0.717, 1.165) is 5.56 Å². The molecule has 0 radical (unpaired) electrons. The average molecular weight is 552 g/mol. The number of nitrogens with one attached hydrogen (secondary N) is 2. The van der Waals surface area contributed by atoms with Crippen molar-refractivity contribution in [1.29, 1.82) is 0 Å². The monoisotopic (exact) mass is 551 g/mol. The van der Waals surface area contributed by atoms with Gasteiger partial charge < -0.3 is 44.9 Å². The van der Waals surface area contributed by atoms with Gasteiger partial charge in [0.15, 0.2) is 6.29 Å². The molecule has 14 nitrogen and oxygen atoms in total. The van der Waals surface area contributed by atoms with E-state index in [1.165, 1.54) is 0 Å². The molecule has 0 aliphatic carbocycles. The minimum absolute atomic E-state index is 0.137. The van der Waals surface area contributed by atoms with Crippen LogP contribution in [0.3, 0.4) is 0 Å². The van der Waals surface area contributed by atoms with Crippen LogP contribution in [0.15, 0.2) is 30.5 Å². The smallest absolute Gasteiger partial charge is 0.251 e. The van der Waals surface area contributed by atoms with Crippen molar-refractivity contribution in [2.75, 3.05) is 46.6 Å². The first-order valence-corrected chi connectivity index (χ1v) is 12.8. The number of hydrogen-bond donors (Lipinski definition) is 5. The number of ether oxygens (including phenoxy) is 4. The maximum atomic E-state index is 12.2. The van der Waals surface area contributed by atoms with Crippen molar-refractivity contribution in [3.05, 3.63) is 36.0 Å². The molecule has 2 aromatic rings. The highest BCUT2D eigenvalue weighted by Crippen LogP contribution is 2.21. The number of aliphatic hydroxyl groups excluding tert-OH is 3. The second-order valence-electron chi connectivity index (χ2n) is 8.90. The summed E-state index contributed by atoms with van der Waals surface area (Å²) in [5.74, 6) is -0.392. The minimum atomic E-state index is -1.34.